The zero-order valence-corrected chi connectivity index (χ0v) is 19.0. The van der Waals surface area contributed by atoms with E-state index in [0.717, 1.165) is 55.3 Å². The molecule has 2 saturated heterocycles. The van der Waals surface area contributed by atoms with Gasteiger partial charge in [0.1, 0.15) is 6.33 Å². The van der Waals surface area contributed by atoms with E-state index in [4.69, 9.17) is 38.3 Å². The van der Waals surface area contributed by atoms with Gasteiger partial charge in [0, 0.05) is 36.2 Å². The van der Waals surface area contributed by atoms with Crippen LogP contribution in [0.15, 0.2) is 24.5 Å². The number of fused-ring (bicyclic) bond motifs is 1. The number of halogens is 2. The van der Waals surface area contributed by atoms with Crippen LogP contribution in [0.2, 0.25) is 10.0 Å². The molecule has 0 radical (unpaired) electrons. The first-order valence-corrected chi connectivity index (χ1v) is 11.2. The molecule has 2 aliphatic heterocycles. The van der Waals surface area contributed by atoms with Gasteiger partial charge in [0.2, 0.25) is 5.65 Å². The highest BCUT2D eigenvalue weighted by molar-refractivity contribution is 6.43. The molecular weight excluding hydrogens is 435 g/mol. The standard InChI is InChI=1S/C22H24Cl2N6O/c1-13-19(15-4-3-5-17(23)18(15)24)30-12-26-28-21(30)20(27-13)29-8-6-22(7-9-29)11-31-14(2)16(22)10-25/h3-5,10,12,14,16,25H,6-9,11H2,1-2H3/t14-,16+/m0/s1. The molecule has 5 rings (SSSR count). The first-order chi connectivity index (χ1) is 14.9. The molecule has 1 aromatic carbocycles. The molecule has 2 aliphatic rings. The van der Waals surface area contributed by atoms with Crippen molar-refractivity contribution in [2.45, 2.75) is 32.8 Å². The maximum Gasteiger partial charge on any atom is 0.204 e. The fourth-order valence-electron chi connectivity index (χ4n) is 5.16. The number of nitrogens with one attached hydrogen (secondary N) is 1. The van der Waals surface area contributed by atoms with Gasteiger partial charge in [-0.25, -0.2) is 4.98 Å². The van der Waals surface area contributed by atoms with Crippen LogP contribution in [0.1, 0.15) is 25.5 Å². The van der Waals surface area contributed by atoms with Crippen molar-refractivity contribution in [2.75, 3.05) is 24.6 Å². The van der Waals surface area contributed by atoms with Gasteiger partial charge >= 0.3 is 0 Å². The summed E-state index contributed by atoms with van der Waals surface area (Å²) in [6, 6.07) is 5.58. The molecule has 1 spiro atoms. The van der Waals surface area contributed by atoms with Crippen LogP contribution in [0.5, 0.6) is 0 Å². The number of rotatable bonds is 3. The number of hydrogen-bond acceptors (Lipinski definition) is 6. The molecule has 0 amide bonds. The van der Waals surface area contributed by atoms with Crippen molar-refractivity contribution in [3.8, 4) is 11.3 Å². The fourth-order valence-corrected chi connectivity index (χ4v) is 5.55. The van der Waals surface area contributed by atoms with Crippen molar-refractivity contribution >= 4 is 40.9 Å². The molecule has 9 heteroatoms. The SMILES string of the molecule is Cc1nc(N2CCC3(CC2)CO[C@@H](C)[C@H]3C=N)c2nncn2c1-c1cccc(Cl)c1Cl. The molecule has 0 saturated carbocycles. The fraction of sp³-hybridized carbons (Fsp3) is 0.455. The Morgan fingerprint density at radius 1 is 1.26 bits per heavy atom. The number of aryl methyl sites for hydroxylation is 1. The molecule has 4 heterocycles. The molecule has 162 valence electrons. The molecule has 0 aliphatic carbocycles. The van der Waals surface area contributed by atoms with Crippen LogP contribution < -0.4 is 4.90 Å². The van der Waals surface area contributed by atoms with E-state index in [-0.39, 0.29) is 17.4 Å². The van der Waals surface area contributed by atoms with Gasteiger partial charge in [0.25, 0.3) is 0 Å². The summed E-state index contributed by atoms with van der Waals surface area (Å²) in [5, 5.41) is 17.4. The van der Waals surface area contributed by atoms with Crippen molar-refractivity contribution in [2.24, 2.45) is 11.3 Å². The van der Waals surface area contributed by atoms with E-state index in [1.165, 1.54) is 0 Å². The average molecular weight is 459 g/mol. The van der Waals surface area contributed by atoms with E-state index >= 15 is 0 Å². The molecule has 1 N–H and O–H groups in total. The van der Waals surface area contributed by atoms with Gasteiger partial charge in [-0.1, -0.05) is 35.3 Å². The predicted molar refractivity (Wildman–Crippen MR) is 123 cm³/mol. The van der Waals surface area contributed by atoms with Crippen LogP contribution in [0.3, 0.4) is 0 Å². The van der Waals surface area contributed by atoms with Gasteiger partial charge < -0.3 is 15.0 Å². The van der Waals surface area contributed by atoms with Crippen molar-refractivity contribution in [3.63, 3.8) is 0 Å². The molecule has 0 unspecified atom stereocenters. The third-order valence-corrected chi connectivity index (χ3v) is 7.72. The number of ether oxygens (including phenoxy) is 1. The van der Waals surface area contributed by atoms with E-state index in [9.17, 15) is 0 Å². The number of hydrogen-bond donors (Lipinski definition) is 1. The second kappa shape index (κ2) is 7.73. The van der Waals surface area contributed by atoms with E-state index in [0.29, 0.717) is 15.7 Å². The monoisotopic (exact) mass is 458 g/mol. The minimum atomic E-state index is 0.0466. The number of anilines is 1. The van der Waals surface area contributed by atoms with Crippen LogP contribution in [0.25, 0.3) is 16.9 Å². The van der Waals surface area contributed by atoms with Gasteiger partial charge in [0.15, 0.2) is 5.82 Å². The summed E-state index contributed by atoms with van der Waals surface area (Å²) in [4.78, 5) is 7.21. The van der Waals surface area contributed by atoms with E-state index in [1.54, 1.807) is 18.6 Å². The maximum atomic E-state index is 7.89. The molecule has 0 bridgehead atoms. The summed E-state index contributed by atoms with van der Waals surface area (Å²) >= 11 is 12.8. The molecule has 31 heavy (non-hydrogen) atoms. The Balaban J connectivity index is 1.51. The van der Waals surface area contributed by atoms with Crippen LogP contribution in [0.4, 0.5) is 5.82 Å². The van der Waals surface area contributed by atoms with E-state index < -0.39 is 0 Å². The minimum Gasteiger partial charge on any atom is -0.377 e. The van der Waals surface area contributed by atoms with Crippen LogP contribution >= 0.6 is 23.2 Å². The Morgan fingerprint density at radius 2 is 2.03 bits per heavy atom. The van der Waals surface area contributed by atoms with Crippen molar-refractivity contribution < 1.29 is 4.74 Å². The molecule has 3 aromatic rings. The number of piperidine rings is 1. The Kier molecular flexibility index (Phi) is 5.15. The largest absolute Gasteiger partial charge is 0.377 e. The molecular formula is C22H24Cl2N6O. The van der Waals surface area contributed by atoms with Crippen molar-refractivity contribution in [3.05, 3.63) is 40.3 Å². The Morgan fingerprint density at radius 3 is 2.77 bits per heavy atom. The second-order valence-electron chi connectivity index (χ2n) is 8.55. The lowest BCUT2D eigenvalue weighted by molar-refractivity contribution is 0.0973. The molecule has 2 fully saturated rings. The third kappa shape index (κ3) is 3.22. The van der Waals surface area contributed by atoms with Gasteiger partial charge in [-0.2, -0.15) is 0 Å². The van der Waals surface area contributed by atoms with Gasteiger partial charge in [-0.05, 0) is 32.8 Å². The van der Waals surface area contributed by atoms with Gasteiger partial charge in [0.05, 0.1) is 34.1 Å². The summed E-state index contributed by atoms with van der Waals surface area (Å²) in [5.41, 5.74) is 3.23. The van der Waals surface area contributed by atoms with Crippen molar-refractivity contribution in [1.82, 2.24) is 19.6 Å². The first kappa shape index (κ1) is 20.7. The van der Waals surface area contributed by atoms with Crippen LogP contribution in [0, 0.1) is 23.7 Å². The lowest BCUT2D eigenvalue weighted by atomic mass is 9.69. The summed E-state index contributed by atoms with van der Waals surface area (Å²) in [5.74, 6) is 0.995. The number of aromatic nitrogens is 4. The van der Waals surface area contributed by atoms with Gasteiger partial charge in [-0.15, -0.1) is 10.2 Å². The summed E-state index contributed by atoms with van der Waals surface area (Å²) < 4.78 is 7.86. The van der Waals surface area contributed by atoms with Crippen molar-refractivity contribution in [1.29, 1.82) is 5.41 Å². The molecule has 7 nitrogen and oxygen atoms in total. The zero-order chi connectivity index (χ0) is 21.8. The lowest BCUT2D eigenvalue weighted by Gasteiger charge is -2.41. The van der Waals surface area contributed by atoms with E-state index in [2.05, 4.69) is 22.0 Å². The normalized spacial score (nSPS) is 23.0. The topological polar surface area (TPSA) is 79.4 Å². The highest BCUT2D eigenvalue weighted by Crippen LogP contribution is 2.46. The first-order valence-electron chi connectivity index (χ1n) is 10.5. The summed E-state index contributed by atoms with van der Waals surface area (Å²) in [7, 11) is 0. The molecule has 2 aromatic heterocycles. The van der Waals surface area contributed by atoms with Gasteiger partial charge in [-0.3, -0.25) is 4.40 Å². The van der Waals surface area contributed by atoms with E-state index in [1.807, 2.05) is 23.5 Å². The minimum absolute atomic E-state index is 0.0466. The second-order valence-corrected chi connectivity index (χ2v) is 9.34. The average Bonchev–Trinajstić information content (AvgIpc) is 3.36. The number of nitrogens with zero attached hydrogens (tertiary/aromatic N) is 5. The highest BCUT2D eigenvalue weighted by Gasteiger charge is 2.48. The summed E-state index contributed by atoms with van der Waals surface area (Å²) in [6.07, 6.45) is 5.30. The zero-order valence-electron chi connectivity index (χ0n) is 17.5. The predicted octanol–water partition coefficient (Wildman–Crippen LogP) is 4.68. The third-order valence-electron chi connectivity index (χ3n) is 6.90. The number of benzene rings is 1. The molecule has 2 atom stereocenters. The Hall–Kier alpha value is -2.22. The Bertz CT molecular complexity index is 1150. The lowest BCUT2D eigenvalue weighted by Crippen LogP contribution is -2.45. The van der Waals surface area contributed by atoms with Crippen LogP contribution in [-0.2, 0) is 4.74 Å². The summed E-state index contributed by atoms with van der Waals surface area (Å²) in [6.45, 7) is 6.44. The quantitative estimate of drug-likeness (QED) is 0.576. The highest BCUT2D eigenvalue weighted by atomic mass is 35.5. The maximum absolute atomic E-state index is 7.89. The Labute approximate surface area is 190 Å². The smallest absolute Gasteiger partial charge is 0.204 e. The van der Waals surface area contributed by atoms with Crippen LogP contribution in [-0.4, -0.2) is 51.6 Å².